The number of aliphatic hydroxyl groups is 1. The first-order chi connectivity index (χ1) is 14.4. The van der Waals surface area contributed by atoms with Crippen molar-refractivity contribution >= 4 is 35.6 Å². The minimum atomic E-state index is -1.60. The van der Waals surface area contributed by atoms with Gasteiger partial charge < -0.3 is 48.5 Å². The van der Waals surface area contributed by atoms with Crippen LogP contribution in [0.5, 0.6) is 0 Å². The first kappa shape index (κ1) is 27.5. The van der Waals surface area contributed by atoms with Crippen LogP contribution in [-0.4, -0.2) is 88.3 Å². The molecular weight excluding hydrogens is 418 g/mol. The van der Waals surface area contributed by atoms with Crippen LogP contribution in [0.4, 0.5) is 0 Å². The Kier molecular flexibility index (Phi) is 12.2. The molecular formula is C16H29N7O8. The molecule has 3 amide bonds. The smallest absolute Gasteiger partial charge is 0.325 e. The Bertz CT molecular complexity index is 695. The number of aliphatic carboxylic acids is 2. The summed E-state index contributed by atoms with van der Waals surface area (Å²) >= 11 is 0. The fourth-order valence-electron chi connectivity index (χ4n) is 2.17. The highest BCUT2D eigenvalue weighted by Crippen LogP contribution is 2.03. The van der Waals surface area contributed by atoms with Crippen molar-refractivity contribution in [3.05, 3.63) is 0 Å². The highest BCUT2D eigenvalue weighted by atomic mass is 16.4. The summed E-state index contributed by atoms with van der Waals surface area (Å²) in [5, 5.41) is 33.4. The number of amides is 3. The number of aliphatic imine (C=N–C) groups is 1. The summed E-state index contributed by atoms with van der Waals surface area (Å²) in [4.78, 5) is 62.5. The van der Waals surface area contributed by atoms with Crippen molar-refractivity contribution in [1.82, 2.24) is 16.0 Å². The van der Waals surface area contributed by atoms with Crippen LogP contribution in [0.1, 0.15) is 26.2 Å². The quantitative estimate of drug-likeness (QED) is 0.0693. The van der Waals surface area contributed by atoms with Gasteiger partial charge in [-0.15, -0.1) is 0 Å². The summed E-state index contributed by atoms with van der Waals surface area (Å²) in [5.41, 5.74) is 15.8. The summed E-state index contributed by atoms with van der Waals surface area (Å²) in [6.45, 7) is 0.579. The van der Waals surface area contributed by atoms with E-state index < -0.39 is 66.9 Å². The molecule has 0 aromatic rings. The third-order valence-electron chi connectivity index (χ3n) is 3.85. The number of hydrogen-bond acceptors (Lipinski definition) is 8. The van der Waals surface area contributed by atoms with E-state index in [1.54, 1.807) is 0 Å². The maximum Gasteiger partial charge on any atom is 0.325 e. The van der Waals surface area contributed by atoms with E-state index in [1.165, 1.54) is 6.92 Å². The molecule has 0 rings (SSSR count). The Hall–Kier alpha value is -3.46. The number of aliphatic hydroxyl groups excluding tert-OH is 1. The van der Waals surface area contributed by atoms with Crippen LogP contribution in [0.2, 0.25) is 0 Å². The number of carbonyl (C=O) groups excluding carboxylic acids is 3. The van der Waals surface area contributed by atoms with Crippen molar-refractivity contribution in [3.63, 3.8) is 0 Å². The fraction of sp³-hybridized carbons (Fsp3) is 0.625. The first-order valence-corrected chi connectivity index (χ1v) is 9.16. The van der Waals surface area contributed by atoms with E-state index in [-0.39, 0.29) is 25.3 Å². The van der Waals surface area contributed by atoms with Crippen molar-refractivity contribution in [1.29, 1.82) is 0 Å². The lowest BCUT2D eigenvalue weighted by Gasteiger charge is -2.23. The van der Waals surface area contributed by atoms with Gasteiger partial charge in [-0.2, -0.15) is 0 Å². The molecule has 0 aliphatic heterocycles. The lowest BCUT2D eigenvalue weighted by atomic mass is 10.1. The molecule has 15 nitrogen and oxygen atoms in total. The van der Waals surface area contributed by atoms with E-state index >= 15 is 0 Å². The minimum Gasteiger partial charge on any atom is -0.481 e. The molecule has 0 fully saturated rings. The molecule has 15 heteroatoms. The van der Waals surface area contributed by atoms with Gasteiger partial charge in [0.15, 0.2) is 5.96 Å². The van der Waals surface area contributed by atoms with Gasteiger partial charge in [-0.05, 0) is 19.8 Å². The summed E-state index contributed by atoms with van der Waals surface area (Å²) < 4.78 is 0. The van der Waals surface area contributed by atoms with Crippen molar-refractivity contribution in [2.24, 2.45) is 22.2 Å². The van der Waals surface area contributed by atoms with Crippen molar-refractivity contribution in [2.75, 3.05) is 13.2 Å². The Morgan fingerprint density at radius 1 is 0.935 bits per heavy atom. The molecule has 0 saturated heterocycles. The molecule has 0 heterocycles. The zero-order valence-corrected chi connectivity index (χ0v) is 16.9. The van der Waals surface area contributed by atoms with Gasteiger partial charge in [0.25, 0.3) is 0 Å². The van der Waals surface area contributed by atoms with Gasteiger partial charge >= 0.3 is 11.9 Å². The second kappa shape index (κ2) is 13.7. The van der Waals surface area contributed by atoms with E-state index in [0.717, 1.165) is 0 Å². The number of carbonyl (C=O) groups is 5. The molecule has 0 aromatic heterocycles. The van der Waals surface area contributed by atoms with E-state index in [0.29, 0.717) is 0 Å². The Morgan fingerprint density at radius 2 is 1.48 bits per heavy atom. The van der Waals surface area contributed by atoms with E-state index in [4.69, 9.17) is 32.5 Å². The van der Waals surface area contributed by atoms with Crippen LogP contribution in [0, 0.1) is 0 Å². The van der Waals surface area contributed by atoms with Crippen molar-refractivity contribution < 1.29 is 39.3 Å². The summed E-state index contributed by atoms with van der Waals surface area (Å²) in [7, 11) is 0. The highest BCUT2D eigenvalue weighted by molar-refractivity contribution is 5.95. The fourth-order valence-corrected chi connectivity index (χ4v) is 2.17. The highest BCUT2D eigenvalue weighted by Gasteiger charge is 2.30. The second-order valence-corrected chi connectivity index (χ2v) is 6.53. The minimum absolute atomic E-state index is 0.0232. The van der Waals surface area contributed by atoms with Crippen LogP contribution in [-0.2, 0) is 24.0 Å². The maximum atomic E-state index is 12.5. The topological polar surface area (TPSA) is 273 Å². The Labute approximate surface area is 177 Å². The van der Waals surface area contributed by atoms with Gasteiger partial charge in [-0.3, -0.25) is 29.0 Å². The molecule has 176 valence electrons. The molecule has 0 saturated carbocycles. The first-order valence-electron chi connectivity index (χ1n) is 9.16. The number of carboxylic acid groups (broad SMARTS) is 2. The summed E-state index contributed by atoms with van der Waals surface area (Å²) in [6.07, 6.45) is -0.642. The molecule has 0 aliphatic rings. The largest absolute Gasteiger partial charge is 0.481 e. The number of guanidine groups is 1. The monoisotopic (exact) mass is 447 g/mol. The number of nitrogens with two attached hydrogens (primary N) is 3. The molecule has 4 atom stereocenters. The lowest BCUT2D eigenvalue weighted by Crippen LogP contribution is -2.57. The standard InChI is InChI=1S/C16H29N7O8/c1-7(15(30)31)21-13(28)9(3-2-4-20-16(18)19)22-14(29)10(5-11(25)26)23-12(27)8(17)6-24/h7-10,24H,2-6,17H2,1H3,(H,21,28)(H,22,29)(H,23,27)(H,25,26)(H,30,31)(H4,18,19,20)/t7-,8-,9-,10-/m0/s1. The number of nitrogens with zero attached hydrogens (tertiary/aromatic N) is 1. The zero-order valence-electron chi connectivity index (χ0n) is 16.9. The Balaban J connectivity index is 5.40. The third kappa shape index (κ3) is 11.3. The SMILES string of the molecule is C[C@H](NC(=O)[C@H](CCCN=C(N)N)NC(=O)[C@H](CC(=O)O)NC(=O)[C@@H](N)CO)C(=O)O. The van der Waals surface area contributed by atoms with E-state index in [9.17, 15) is 24.0 Å². The predicted molar refractivity (Wildman–Crippen MR) is 106 cm³/mol. The average Bonchev–Trinajstić information content (AvgIpc) is 2.67. The van der Waals surface area contributed by atoms with Gasteiger partial charge in [0.2, 0.25) is 17.7 Å². The normalized spacial score (nSPS) is 14.3. The molecule has 0 aliphatic carbocycles. The van der Waals surface area contributed by atoms with Crippen LogP contribution in [0.15, 0.2) is 4.99 Å². The van der Waals surface area contributed by atoms with Gasteiger partial charge in [0.05, 0.1) is 13.0 Å². The molecule has 0 bridgehead atoms. The zero-order chi connectivity index (χ0) is 24.1. The van der Waals surface area contributed by atoms with Crippen LogP contribution in [0.3, 0.4) is 0 Å². The number of nitrogens with one attached hydrogen (secondary N) is 3. The van der Waals surface area contributed by atoms with Crippen LogP contribution in [0.25, 0.3) is 0 Å². The molecule has 0 radical (unpaired) electrons. The molecule has 0 aromatic carbocycles. The molecule has 12 N–H and O–H groups in total. The van der Waals surface area contributed by atoms with Crippen LogP contribution >= 0.6 is 0 Å². The molecule has 31 heavy (non-hydrogen) atoms. The summed E-state index contributed by atoms with van der Waals surface area (Å²) in [6, 6.07) is -5.53. The molecule has 0 spiro atoms. The van der Waals surface area contributed by atoms with Crippen LogP contribution < -0.4 is 33.2 Å². The van der Waals surface area contributed by atoms with Crippen molar-refractivity contribution in [2.45, 2.75) is 50.4 Å². The second-order valence-electron chi connectivity index (χ2n) is 6.53. The third-order valence-corrected chi connectivity index (χ3v) is 3.85. The Morgan fingerprint density at radius 3 is 1.97 bits per heavy atom. The van der Waals surface area contributed by atoms with E-state index in [2.05, 4.69) is 20.9 Å². The summed E-state index contributed by atoms with van der Waals surface area (Å²) in [5.74, 6) is -5.77. The van der Waals surface area contributed by atoms with Gasteiger partial charge in [0, 0.05) is 6.54 Å². The van der Waals surface area contributed by atoms with Crippen molar-refractivity contribution in [3.8, 4) is 0 Å². The average molecular weight is 447 g/mol. The number of hydrogen-bond donors (Lipinski definition) is 9. The lowest BCUT2D eigenvalue weighted by molar-refractivity contribution is -0.143. The van der Waals surface area contributed by atoms with E-state index in [1.807, 2.05) is 0 Å². The molecule has 0 unspecified atom stereocenters. The maximum absolute atomic E-state index is 12.5. The number of carboxylic acids is 2. The van der Waals surface area contributed by atoms with Gasteiger partial charge in [-0.1, -0.05) is 0 Å². The predicted octanol–water partition coefficient (Wildman–Crippen LogP) is -4.61. The van der Waals surface area contributed by atoms with Gasteiger partial charge in [-0.25, -0.2) is 0 Å². The number of rotatable bonds is 14. The van der Waals surface area contributed by atoms with Gasteiger partial charge in [0.1, 0.15) is 24.2 Å².